The second kappa shape index (κ2) is 8.19. The van der Waals surface area contributed by atoms with Gasteiger partial charge < -0.3 is 14.7 Å². The minimum atomic E-state index is -0.382. The van der Waals surface area contributed by atoms with Crippen molar-refractivity contribution in [3.05, 3.63) is 0 Å². The summed E-state index contributed by atoms with van der Waals surface area (Å²) >= 11 is 0. The Hall–Kier alpha value is -1.59. The van der Waals surface area contributed by atoms with Gasteiger partial charge in [0.1, 0.15) is 12.1 Å². The smallest absolute Gasteiger partial charge is 0.246 e. The van der Waals surface area contributed by atoms with E-state index in [0.29, 0.717) is 31.5 Å². The topological polar surface area (TPSA) is 60.9 Å². The molecule has 0 saturated carbocycles. The molecular formula is C21H35N3O3. The Morgan fingerprint density at radius 1 is 0.704 bits per heavy atom. The van der Waals surface area contributed by atoms with Gasteiger partial charge in [0, 0.05) is 31.6 Å². The molecule has 0 aromatic carbocycles. The highest BCUT2D eigenvalue weighted by Crippen LogP contribution is 2.30. The third-order valence-corrected chi connectivity index (χ3v) is 6.49. The SMILES string of the molecule is CC(C)C(=O)N1CCCC1C(=O)N1CCCC1C(=O)N1CCCC1C(C)C. The fraction of sp³-hybridized carbons (Fsp3) is 0.857. The molecule has 0 radical (unpaired) electrons. The summed E-state index contributed by atoms with van der Waals surface area (Å²) in [7, 11) is 0. The Morgan fingerprint density at radius 3 is 1.78 bits per heavy atom. The number of hydrogen-bond donors (Lipinski definition) is 0. The lowest BCUT2D eigenvalue weighted by Gasteiger charge is -2.35. The quantitative estimate of drug-likeness (QED) is 0.755. The van der Waals surface area contributed by atoms with E-state index in [1.165, 1.54) is 0 Å². The van der Waals surface area contributed by atoms with Gasteiger partial charge in [-0.2, -0.15) is 0 Å². The molecule has 3 atom stereocenters. The minimum Gasteiger partial charge on any atom is -0.338 e. The summed E-state index contributed by atoms with van der Waals surface area (Å²) in [5, 5.41) is 0. The maximum absolute atomic E-state index is 13.3. The number of rotatable bonds is 4. The second-order valence-corrected chi connectivity index (χ2v) is 9.02. The predicted octanol–water partition coefficient (Wildman–Crippen LogP) is 2.27. The van der Waals surface area contributed by atoms with Crippen LogP contribution in [0, 0.1) is 11.8 Å². The molecule has 0 aromatic rings. The average Bonchev–Trinajstić information content (AvgIpc) is 3.39. The van der Waals surface area contributed by atoms with Gasteiger partial charge in [0.25, 0.3) is 0 Å². The third-order valence-electron chi connectivity index (χ3n) is 6.49. The van der Waals surface area contributed by atoms with E-state index >= 15 is 0 Å². The van der Waals surface area contributed by atoms with Gasteiger partial charge in [-0.15, -0.1) is 0 Å². The number of likely N-dealkylation sites (tertiary alicyclic amines) is 3. The van der Waals surface area contributed by atoms with E-state index in [4.69, 9.17) is 0 Å². The first-order valence-electron chi connectivity index (χ1n) is 10.7. The number of carbonyl (C=O) groups is 3. The molecule has 152 valence electrons. The molecule has 3 unspecified atom stereocenters. The summed E-state index contributed by atoms with van der Waals surface area (Å²) in [6.07, 6.45) is 5.30. The van der Waals surface area contributed by atoms with E-state index in [0.717, 1.165) is 38.6 Å². The Balaban J connectivity index is 1.73. The van der Waals surface area contributed by atoms with E-state index in [9.17, 15) is 14.4 Å². The van der Waals surface area contributed by atoms with Crippen LogP contribution in [0.2, 0.25) is 0 Å². The van der Waals surface area contributed by atoms with E-state index in [2.05, 4.69) is 13.8 Å². The fourth-order valence-corrected chi connectivity index (χ4v) is 5.05. The van der Waals surface area contributed by atoms with Gasteiger partial charge in [-0.25, -0.2) is 0 Å². The molecule has 0 aliphatic carbocycles. The third kappa shape index (κ3) is 3.85. The molecule has 6 heteroatoms. The number of hydrogen-bond acceptors (Lipinski definition) is 3. The number of nitrogens with zero attached hydrogens (tertiary/aromatic N) is 3. The zero-order chi connectivity index (χ0) is 19.7. The van der Waals surface area contributed by atoms with Crippen molar-refractivity contribution in [2.45, 2.75) is 84.3 Å². The van der Waals surface area contributed by atoms with Crippen molar-refractivity contribution in [3.63, 3.8) is 0 Å². The number of carbonyl (C=O) groups excluding carboxylic acids is 3. The van der Waals surface area contributed by atoms with Gasteiger partial charge in [-0.1, -0.05) is 27.7 Å². The average molecular weight is 378 g/mol. The summed E-state index contributed by atoms with van der Waals surface area (Å²) < 4.78 is 0. The lowest BCUT2D eigenvalue weighted by atomic mass is 10.0. The highest BCUT2D eigenvalue weighted by atomic mass is 16.2. The molecule has 3 aliphatic rings. The Kier molecular flexibility index (Phi) is 6.11. The van der Waals surface area contributed by atoms with E-state index < -0.39 is 0 Å². The van der Waals surface area contributed by atoms with Crippen LogP contribution in [0.1, 0.15) is 66.2 Å². The van der Waals surface area contributed by atoms with Crippen LogP contribution in [0.4, 0.5) is 0 Å². The highest BCUT2D eigenvalue weighted by molar-refractivity contribution is 5.93. The predicted molar refractivity (Wildman–Crippen MR) is 104 cm³/mol. The molecule has 3 aliphatic heterocycles. The molecule has 6 nitrogen and oxygen atoms in total. The van der Waals surface area contributed by atoms with Crippen molar-refractivity contribution in [2.24, 2.45) is 11.8 Å². The molecule has 27 heavy (non-hydrogen) atoms. The lowest BCUT2D eigenvalue weighted by Crippen LogP contribution is -2.54. The van der Waals surface area contributed by atoms with Crippen LogP contribution < -0.4 is 0 Å². The molecular weight excluding hydrogens is 342 g/mol. The summed E-state index contributed by atoms with van der Waals surface area (Å²) in [5.74, 6) is 0.489. The Labute approximate surface area is 163 Å². The molecule has 0 spiro atoms. The molecule has 3 rings (SSSR count). The van der Waals surface area contributed by atoms with Gasteiger partial charge in [0.15, 0.2) is 0 Å². The molecule has 0 N–H and O–H groups in total. The summed E-state index contributed by atoms with van der Waals surface area (Å²) in [6.45, 7) is 10.2. The van der Waals surface area contributed by atoms with Crippen LogP contribution in [0.15, 0.2) is 0 Å². The monoisotopic (exact) mass is 377 g/mol. The second-order valence-electron chi connectivity index (χ2n) is 9.02. The van der Waals surface area contributed by atoms with Gasteiger partial charge in [-0.05, 0) is 44.4 Å². The van der Waals surface area contributed by atoms with Gasteiger partial charge in [-0.3, -0.25) is 14.4 Å². The molecule has 0 aromatic heterocycles. The maximum atomic E-state index is 13.3. The van der Waals surface area contributed by atoms with Crippen LogP contribution >= 0.6 is 0 Å². The lowest BCUT2D eigenvalue weighted by molar-refractivity contribution is -0.150. The van der Waals surface area contributed by atoms with Gasteiger partial charge in [0.2, 0.25) is 17.7 Å². The van der Waals surface area contributed by atoms with Crippen molar-refractivity contribution < 1.29 is 14.4 Å². The molecule has 3 saturated heterocycles. The van der Waals surface area contributed by atoms with Crippen LogP contribution in [-0.4, -0.2) is 70.2 Å². The summed E-state index contributed by atoms with van der Waals surface area (Å²) in [4.78, 5) is 44.6. The van der Waals surface area contributed by atoms with Crippen LogP contribution in [0.25, 0.3) is 0 Å². The van der Waals surface area contributed by atoms with Crippen molar-refractivity contribution >= 4 is 17.7 Å². The molecule has 0 bridgehead atoms. The summed E-state index contributed by atoms with van der Waals surface area (Å²) in [5.41, 5.74) is 0. The first-order valence-corrected chi connectivity index (χ1v) is 10.7. The van der Waals surface area contributed by atoms with Crippen LogP contribution in [-0.2, 0) is 14.4 Å². The van der Waals surface area contributed by atoms with Gasteiger partial charge in [0.05, 0.1) is 0 Å². The van der Waals surface area contributed by atoms with Crippen molar-refractivity contribution in [1.82, 2.24) is 14.7 Å². The summed E-state index contributed by atoms with van der Waals surface area (Å²) in [6, 6.07) is -0.429. The standard InChI is InChI=1S/C21H35N3O3/c1-14(2)16-8-5-11-22(16)20(26)18-10-7-13-24(18)21(27)17-9-6-12-23(17)19(25)15(3)4/h14-18H,5-13H2,1-4H3. The van der Waals surface area contributed by atoms with E-state index in [-0.39, 0.29) is 35.7 Å². The zero-order valence-electron chi connectivity index (χ0n) is 17.3. The Bertz CT molecular complexity index is 589. The van der Waals surface area contributed by atoms with Crippen LogP contribution in [0.3, 0.4) is 0 Å². The first kappa shape index (κ1) is 20.2. The molecule has 3 fully saturated rings. The Morgan fingerprint density at radius 2 is 1.19 bits per heavy atom. The minimum absolute atomic E-state index is 0.0161. The first-order chi connectivity index (χ1) is 12.8. The highest BCUT2D eigenvalue weighted by Gasteiger charge is 2.44. The largest absolute Gasteiger partial charge is 0.338 e. The van der Waals surface area contributed by atoms with Crippen molar-refractivity contribution in [2.75, 3.05) is 19.6 Å². The normalized spacial score (nSPS) is 28.7. The van der Waals surface area contributed by atoms with Crippen molar-refractivity contribution in [3.8, 4) is 0 Å². The zero-order valence-corrected chi connectivity index (χ0v) is 17.3. The molecule has 3 amide bonds. The van der Waals surface area contributed by atoms with E-state index in [1.807, 2.05) is 18.7 Å². The van der Waals surface area contributed by atoms with Crippen molar-refractivity contribution in [1.29, 1.82) is 0 Å². The van der Waals surface area contributed by atoms with E-state index in [1.54, 1.807) is 9.80 Å². The maximum Gasteiger partial charge on any atom is 0.246 e. The fourth-order valence-electron chi connectivity index (χ4n) is 5.05. The van der Waals surface area contributed by atoms with Crippen LogP contribution in [0.5, 0.6) is 0 Å². The van der Waals surface area contributed by atoms with Gasteiger partial charge >= 0.3 is 0 Å². The number of amides is 3. The molecule has 3 heterocycles.